The summed E-state index contributed by atoms with van der Waals surface area (Å²) in [5.41, 5.74) is 7.43. The van der Waals surface area contributed by atoms with Gasteiger partial charge in [-0.15, -0.1) is 0 Å². The van der Waals surface area contributed by atoms with Crippen molar-refractivity contribution in [3.05, 3.63) is 68.4 Å². The molecule has 0 fully saturated rings. The molecule has 0 aromatic heterocycles. The van der Waals surface area contributed by atoms with Gasteiger partial charge in [-0.3, -0.25) is 0 Å². The van der Waals surface area contributed by atoms with Crippen molar-refractivity contribution in [2.24, 2.45) is 5.73 Å². The molecule has 4 heteroatoms. The smallest absolute Gasteiger partial charge is 0.142 e. The Morgan fingerprint density at radius 1 is 1.06 bits per heavy atom. The molecule has 0 aliphatic rings. The fourth-order valence-electron chi connectivity index (χ4n) is 1.64. The predicted octanol–water partition coefficient (Wildman–Crippen LogP) is 4.40. The molecule has 0 aliphatic carbocycles. The zero-order valence-corrected chi connectivity index (χ0v) is 12.0. The molecule has 17 heavy (non-hydrogen) atoms. The van der Waals surface area contributed by atoms with Crippen molar-refractivity contribution < 1.29 is 4.39 Å². The van der Waals surface area contributed by atoms with E-state index in [9.17, 15) is 4.39 Å². The first kappa shape index (κ1) is 12.7. The lowest BCUT2D eigenvalue weighted by atomic mass is 9.99. The average Bonchev–Trinajstić information content (AvgIpc) is 2.32. The van der Waals surface area contributed by atoms with Crippen LogP contribution < -0.4 is 5.73 Å². The van der Waals surface area contributed by atoms with Crippen LogP contribution in [0.3, 0.4) is 0 Å². The molecule has 2 aromatic rings. The van der Waals surface area contributed by atoms with Crippen molar-refractivity contribution in [2.45, 2.75) is 6.04 Å². The molecule has 1 atom stereocenters. The molecular formula is C13H10Br2FN. The second-order valence-electron chi connectivity index (χ2n) is 3.68. The lowest BCUT2D eigenvalue weighted by Gasteiger charge is -2.14. The van der Waals surface area contributed by atoms with E-state index < -0.39 is 6.04 Å². The molecule has 2 aromatic carbocycles. The van der Waals surface area contributed by atoms with Gasteiger partial charge in [0.1, 0.15) is 5.82 Å². The van der Waals surface area contributed by atoms with Crippen molar-refractivity contribution in [3.63, 3.8) is 0 Å². The van der Waals surface area contributed by atoms with Crippen LogP contribution in [-0.4, -0.2) is 0 Å². The maximum Gasteiger partial charge on any atom is 0.142 e. The Morgan fingerprint density at radius 2 is 1.76 bits per heavy atom. The minimum Gasteiger partial charge on any atom is -0.320 e. The largest absolute Gasteiger partial charge is 0.320 e. The van der Waals surface area contributed by atoms with Gasteiger partial charge in [0, 0.05) is 10.0 Å². The minimum absolute atomic E-state index is 0.306. The van der Waals surface area contributed by atoms with E-state index in [2.05, 4.69) is 31.9 Å². The second-order valence-corrected chi connectivity index (χ2v) is 5.45. The molecule has 88 valence electrons. The highest BCUT2D eigenvalue weighted by molar-refractivity contribution is 9.10. The maximum absolute atomic E-state index is 13.9. The van der Waals surface area contributed by atoms with E-state index in [-0.39, 0.29) is 5.82 Å². The van der Waals surface area contributed by atoms with Crippen LogP contribution in [0.25, 0.3) is 0 Å². The van der Waals surface area contributed by atoms with Crippen LogP contribution in [0.5, 0.6) is 0 Å². The number of hydrogen-bond acceptors (Lipinski definition) is 1. The normalized spacial score (nSPS) is 12.5. The van der Waals surface area contributed by atoms with E-state index in [1.54, 1.807) is 18.2 Å². The Hall–Kier alpha value is -0.710. The highest BCUT2D eigenvalue weighted by Gasteiger charge is 2.15. The first-order valence-electron chi connectivity index (χ1n) is 5.04. The molecule has 1 unspecified atom stereocenters. The summed E-state index contributed by atoms with van der Waals surface area (Å²) in [5.74, 6) is -0.306. The van der Waals surface area contributed by atoms with Crippen molar-refractivity contribution in [1.29, 1.82) is 0 Å². The van der Waals surface area contributed by atoms with E-state index in [1.165, 1.54) is 0 Å². The molecule has 0 radical (unpaired) electrons. The SMILES string of the molecule is NC(c1cccc(Br)c1)c1cccc(Br)c1F. The van der Waals surface area contributed by atoms with Crippen molar-refractivity contribution in [3.8, 4) is 0 Å². The van der Waals surface area contributed by atoms with Crippen LogP contribution in [0.2, 0.25) is 0 Å². The highest BCUT2D eigenvalue weighted by Crippen LogP contribution is 2.27. The quantitative estimate of drug-likeness (QED) is 0.845. The van der Waals surface area contributed by atoms with Crippen LogP contribution in [-0.2, 0) is 0 Å². The summed E-state index contributed by atoms with van der Waals surface area (Å²) in [4.78, 5) is 0. The van der Waals surface area contributed by atoms with Crippen LogP contribution in [0.1, 0.15) is 17.2 Å². The van der Waals surface area contributed by atoms with E-state index in [0.29, 0.717) is 10.0 Å². The van der Waals surface area contributed by atoms with Crippen LogP contribution in [0.15, 0.2) is 51.4 Å². The maximum atomic E-state index is 13.9. The Balaban J connectivity index is 2.44. The first-order chi connectivity index (χ1) is 8.09. The third kappa shape index (κ3) is 2.76. The molecule has 0 saturated carbocycles. The van der Waals surface area contributed by atoms with Gasteiger partial charge in [-0.2, -0.15) is 0 Å². The fraction of sp³-hybridized carbons (Fsp3) is 0.0769. The molecule has 0 aliphatic heterocycles. The van der Waals surface area contributed by atoms with Gasteiger partial charge in [-0.25, -0.2) is 4.39 Å². The third-order valence-electron chi connectivity index (χ3n) is 2.52. The molecule has 0 amide bonds. The van der Waals surface area contributed by atoms with Crippen LogP contribution >= 0.6 is 31.9 Å². The number of rotatable bonds is 2. The molecular weight excluding hydrogens is 349 g/mol. The predicted molar refractivity (Wildman–Crippen MR) is 74.3 cm³/mol. The first-order valence-corrected chi connectivity index (χ1v) is 6.63. The number of halogens is 3. The van der Waals surface area contributed by atoms with E-state index in [4.69, 9.17) is 5.73 Å². The molecule has 0 bridgehead atoms. The molecule has 0 spiro atoms. The second kappa shape index (κ2) is 5.29. The van der Waals surface area contributed by atoms with Gasteiger partial charge in [-0.05, 0) is 39.7 Å². The topological polar surface area (TPSA) is 26.0 Å². The molecule has 0 saturated heterocycles. The molecule has 2 N–H and O–H groups in total. The summed E-state index contributed by atoms with van der Waals surface area (Å²) in [6, 6.07) is 12.2. The number of benzene rings is 2. The molecule has 1 nitrogen and oxygen atoms in total. The van der Waals surface area contributed by atoms with Crippen molar-refractivity contribution in [2.75, 3.05) is 0 Å². The van der Waals surface area contributed by atoms with E-state index in [1.807, 2.05) is 24.3 Å². The standard InChI is InChI=1S/C13H10Br2FN/c14-9-4-1-3-8(7-9)13(17)10-5-2-6-11(15)12(10)16/h1-7,13H,17H2. The van der Waals surface area contributed by atoms with E-state index in [0.717, 1.165) is 10.0 Å². The van der Waals surface area contributed by atoms with Crippen molar-refractivity contribution >= 4 is 31.9 Å². The van der Waals surface area contributed by atoms with Gasteiger partial charge in [-0.1, -0.05) is 40.2 Å². The fourth-order valence-corrected chi connectivity index (χ4v) is 2.44. The summed E-state index contributed by atoms with van der Waals surface area (Å²) < 4.78 is 15.3. The van der Waals surface area contributed by atoms with Crippen LogP contribution in [0.4, 0.5) is 4.39 Å². The Kier molecular flexibility index (Phi) is 3.97. The average molecular weight is 359 g/mol. The van der Waals surface area contributed by atoms with E-state index >= 15 is 0 Å². The lowest BCUT2D eigenvalue weighted by molar-refractivity contribution is 0.593. The van der Waals surface area contributed by atoms with Gasteiger partial charge in [0.05, 0.1) is 10.5 Å². The summed E-state index contributed by atoms with van der Waals surface area (Å²) in [5, 5.41) is 0. The van der Waals surface area contributed by atoms with Gasteiger partial charge < -0.3 is 5.73 Å². The Bertz CT molecular complexity index is 543. The van der Waals surface area contributed by atoms with Gasteiger partial charge in [0.2, 0.25) is 0 Å². The Morgan fingerprint density at radius 3 is 2.47 bits per heavy atom. The number of hydrogen-bond donors (Lipinski definition) is 1. The summed E-state index contributed by atoms with van der Waals surface area (Å²) in [6.45, 7) is 0. The monoisotopic (exact) mass is 357 g/mol. The highest BCUT2D eigenvalue weighted by atomic mass is 79.9. The summed E-state index contributed by atoms with van der Waals surface area (Å²) in [6.07, 6.45) is 0. The molecule has 2 rings (SSSR count). The summed E-state index contributed by atoms with van der Waals surface area (Å²) >= 11 is 6.54. The number of nitrogens with two attached hydrogens (primary N) is 1. The van der Waals surface area contributed by atoms with Gasteiger partial charge in [0.25, 0.3) is 0 Å². The lowest BCUT2D eigenvalue weighted by Crippen LogP contribution is -2.13. The minimum atomic E-state index is -0.468. The van der Waals surface area contributed by atoms with Crippen molar-refractivity contribution in [1.82, 2.24) is 0 Å². The zero-order chi connectivity index (χ0) is 12.4. The zero-order valence-electron chi connectivity index (χ0n) is 8.83. The molecule has 0 heterocycles. The summed E-state index contributed by atoms with van der Waals surface area (Å²) in [7, 11) is 0. The van der Waals surface area contributed by atoms with Crippen LogP contribution in [0, 0.1) is 5.82 Å². The third-order valence-corrected chi connectivity index (χ3v) is 3.63. The van der Waals surface area contributed by atoms with Gasteiger partial charge >= 0.3 is 0 Å². The Labute approximate surface area is 116 Å². The van der Waals surface area contributed by atoms with Gasteiger partial charge in [0.15, 0.2) is 0 Å².